The summed E-state index contributed by atoms with van der Waals surface area (Å²) >= 11 is 0. The van der Waals surface area contributed by atoms with Crippen molar-refractivity contribution in [1.82, 2.24) is 25.4 Å². The molecule has 3 aromatic rings. The number of aryl methyl sites for hydroxylation is 2. The molecule has 1 aliphatic rings. The quantitative estimate of drug-likeness (QED) is 0.620. The van der Waals surface area contributed by atoms with Crippen LogP contribution in [0.1, 0.15) is 36.6 Å². The maximum absolute atomic E-state index is 12.6. The molecule has 0 atom stereocenters. The van der Waals surface area contributed by atoms with Gasteiger partial charge < -0.3 is 4.74 Å². The van der Waals surface area contributed by atoms with Gasteiger partial charge in [0.1, 0.15) is 12.4 Å². The minimum absolute atomic E-state index is 0.152. The Balaban J connectivity index is 1.55. The Bertz CT molecular complexity index is 1140. The molecule has 0 saturated carbocycles. The number of nitrogens with one attached hydrogen (secondary N) is 1. The lowest BCUT2D eigenvalue weighted by Gasteiger charge is -2.20. The van der Waals surface area contributed by atoms with Crippen molar-refractivity contribution in [3.63, 3.8) is 0 Å². The third-order valence-corrected chi connectivity index (χ3v) is 5.77. The Morgan fingerprint density at radius 2 is 1.84 bits per heavy atom. The first-order valence-electron chi connectivity index (χ1n) is 10.7. The molecule has 4 rings (SSSR count). The van der Waals surface area contributed by atoms with E-state index < -0.39 is 0 Å². The fourth-order valence-corrected chi connectivity index (χ4v) is 3.67. The van der Waals surface area contributed by atoms with Crippen LogP contribution in [0.2, 0.25) is 0 Å². The van der Waals surface area contributed by atoms with E-state index in [1.807, 2.05) is 61.1 Å². The minimum Gasteiger partial charge on any atom is -0.489 e. The van der Waals surface area contributed by atoms with Crippen LogP contribution in [0.25, 0.3) is 11.3 Å². The molecule has 2 heterocycles. The molecule has 2 aromatic carbocycles. The predicted octanol–water partition coefficient (Wildman–Crippen LogP) is 4.47. The van der Waals surface area contributed by atoms with Crippen LogP contribution in [0.4, 0.5) is 10.5 Å². The van der Waals surface area contributed by atoms with Crippen LogP contribution in [0.5, 0.6) is 5.75 Å². The predicted molar refractivity (Wildman–Crippen MR) is 125 cm³/mol. The Morgan fingerprint density at radius 3 is 2.47 bits per heavy atom. The molecule has 8 heteroatoms. The zero-order valence-electron chi connectivity index (χ0n) is 19.5. The van der Waals surface area contributed by atoms with Crippen LogP contribution in [0.3, 0.4) is 0 Å². The van der Waals surface area contributed by atoms with E-state index in [9.17, 15) is 4.79 Å². The van der Waals surface area contributed by atoms with Gasteiger partial charge in [-0.1, -0.05) is 12.1 Å². The maximum Gasteiger partial charge on any atom is 0.355 e. The molecule has 0 unspecified atom stereocenters. The number of nitrogens with zero attached hydrogens (tertiary/aromatic N) is 5. The monoisotopic (exact) mass is 434 g/mol. The molecular weight excluding hydrogens is 404 g/mol. The van der Waals surface area contributed by atoms with Crippen molar-refractivity contribution in [1.29, 1.82) is 0 Å². The SMILES string of the molecule is Cc1cc(-c2ccn(C(C)C)n2)ccc1OCc1c(C)cccc1N1NN(C)N(C)C1=O. The highest BCUT2D eigenvalue weighted by Crippen LogP contribution is 2.30. The molecule has 1 aliphatic heterocycles. The van der Waals surface area contributed by atoms with Gasteiger partial charge in [0.15, 0.2) is 0 Å². The molecule has 168 valence electrons. The van der Waals surface area contributed by atoms with Crippen molar-refractivity contribution < 1.29 is 9.53 Å². The van der Waals surface area contributed by atoms with Gasteiger partial charge >= 0.3 is 6.03 Å². The number of ether oxygens (including phenoxy) is 1. The van der Waals surface area contributed by atoms with Crippen LogP contribution in [0, 0.1) is 13.8 Å². The number of rotatable bonds is 6. The molecule has 0 aliphatic carbocycles. The van der Waals surface area contributed by atoms with Crippen LogP contribution >= 0.6 is 0 Å². The molecule has 0 bridgehead atoms. The second-order valence-electron chi connectivity index (χ2n) is 8.38. The second-order valence-corrected chi connectivity index (χ2v) is 8.38. The molecular formula is C24H30N6O2. The van der Waals surface area contributed by atoms with Gasteiger partial charge in [-0.25, -0.2) is 14.8 Å². The zero-order valence-corrected chi connectivity index (χ0v) is 19.5. The normalized spacial score (nSPS) is 14.7. The minimum atomic E-state index is -0.152. The summed E-state index contributed by atoms with van der Waals surface area (Å²) in [5.74, 6) is 0.807. The number of urea groups is 1. The van der Waals surface area contributed by atoms with E-state index in [2.05, 4.69) is 30.5 Å². The topological polar surface area (TPSA) is 65.9 Å². The van der Waals surface area contributed by atoms with Crippen molar-refractivity contribution in [3.8, 4) is 17.0 Å². The molecule has 1 aromatic heterocycles. The summed E-state index contributed by atoms with van der Waals surface area (Å²) < 4.78 is 8.16. The van der Waals surface area contributed by atoms with Gasteiger partial charge in [0.05, 0.1) is 11.4 Å². The van der Waals surface area contributed by atoms with Gasteiger partial charge in [-0.05, 0) is 69.2 Å². The summed E-state index contributed by atoms with van der Waals surface area (Å²) in [4.78, 5) is 12.6. The summed E-state index contributed by atoms with van der Waals surface area (Å²) in [7, 11) is 3.51. The molecule has 8 nitrogen and oxygen atoms in total. The average molecular weight is 435 g/mol. The van der Waals surface area contributed by atoms with Crippen molar-refractivity contribution in [2.24, 2.45) is 0 Å². The van der Waals surface area contributed by atoms with E-state index in [1.165, 1.54) is 10.0 Å². The maximum atomic E-state index is 12.6. The first-order chi connectivity index (χ1) is 15.3. The van der Waals surface area contributed by atoms with Gasteiger partial charge in [-0.2, -0.15) is 5.10 Å². The van der Waals surface area contributed by atoms with E-state index in [-0.39, 0.29) is 6.03 Å². The van der Waals surface area contributed by atoms with Crippen LogP contribution in [-0.4, -0.2) is 40.0 Å². The van der Waals surface area contributed by atoms with Crippen LogP contribution in [-0.2, 0) is 6.61 Å². The van der Waals surface area contributed by atoms with E-state index in [0.29, 0.717) is 12.6 Å². The zero-order chi connectivity index (χ0) is 23.0. The molecule has 1 fully saturated rings. The van der Waals surface area contributed by atoms with Crippen LogP contribution in [0.15, 0.2) is 48.7 Å². The smallest absolute Gasteiger partial charge is 0.355 e. The Morgan fingerprint density at radius 1 is 1.06 bits per heavy atom. The highest BCUT2D eigenvalue weighted by Gasteiger charge is 2.33. The van der Waals surface area contributed by atoms with E-state index in [1.54, 1.807) is 19.2 Å². The number of hydrogen-bond donors (Lipinski definition) is 1. The lowest BCUT2D eigenvalue weighted by atomic mass is 10.1. The number of benzene rings is 2. The molecule has 32 heavy (non-hydrogen) atoms. The summed E-state index contributed by atoms with van der Waals surface area (Å²) in [6.45, 7) is 8.63. The van der Waals surface area contributed by atoms with Gasteiger partial charge in [0, 0.05) is 37.5 Å². The largest absolute Gasteiger partial charge is 0.489 e. The first-order valence-corrected chi connectivity index (χ1v) is 10.7. The highest BCUT2D eigenvalue weighted by molar-refractivity contribution is 5.92. The highest BCUT2D eigenvalue weighted by atomic mass is 16.5. The molecule has 1 saturated heterocycles. The fourth-order valence-electron chi connectivity index (χ4n) is 3.67. The van der Waals surface area contributed by atoms with Crippen molar-refractivity contribution >= 4 is 11.7 Å². The third-order valence-electron chi connectivity index (χ3n) is 5.77. The Hall–Kier alpha value is -3.36. The lowest BCUT2D eigenvalue weighted by molar-refractivity contribution is 0.0652. The van der Waals surface area contributed by atoms with Gasteiger partial charge in [-0.15, -0.1) is 10.7 Å². The number of hydrazine groups is 3. The number of carbonyl (C=O) groups excluding carboxylic acids is 1. The Labute approximate surface area is 188 Å². The fraction of sp³-hybridized carbons (Fsp3) is 0.333. The molecule has 0 spiro atoms. The number of anilines is 1. The lowest BCUT2D eigenvalue weighted by Crippen LogP contribution is -2.39. The Kier molecular flexibility index (Phi) is 5.90. The van der Waals surface area contributed by atoms with Crippen molar-refractivity contribution in [3.05, 3.63) is 65.4 Å². The number of aromatic nitrogens is 2. The summed E-state index contributed by atoms with van der Waals surface area (Å²) in [6, 6.07) is 14.2. The van der Waals surface area contributed by atoms with Gasteiger partial charge in [-0.3, -0.25) is 4.68 Å². The van der Waals surface area contributed by atoms with E-state index in [4.69, 9.17) is 4.74 Å². The number of carbonyl (C=O) groups is 1. The molecule has 2 amide bonds. The summed E-state index contributed by atoms with van der Waals surface area (Å²) in [6.07, 6.45) is 2.00. The van der Waals surface area contributed by atoms with Gasteiger partial charge in [0.25, 0.3) is 0 Å². The summed E-state index contributed by atoms with van der Waals surface area (Å²) in [5.41, 5.74) is 8.89. The number of amides is 2. The third kappa shape index (κ3) is 4.06. The summed E-state index contributed by atoms with van der Waals surface area (Å²) in [5, 5.41) is 9.34. The standard InChI is InChI=1S/C24H30N6O2/c1-16(2)29-13-12-21(25-29)19-10-11-23(18(4)14-19)32-15-20-17(3)8-7-9-22(20)30-24(31)27(5)28(6)26-30/h7-14,16,26H,15H2,1-6H3. The van der Waals surface area contributed by atoms with Gasteiger partial charge in [0.2, 0.25) is 0 Å². The van der Waals surface area contributed by atoms with Crippen molar-refractivity contribution in [2.45, 2.75) is 40.3 Å². The number of hydrogen-bond acceptors (Lipinski definition) is 5. The first kappa shape index (κ1) is 21.9. The van der Waals surface area contributed by atoms with Crippen LogP contribution < -0.4 is 15.3 Å². The van der Waals surface area contributed by atoms with E-state index in [0.717, 1.165) is 39.4 Å². The molecule has 1 N–H and O–H groups in total. The molecule has 0 radical (unpaired) electrons. The average Bonchev–Trinajstić information content (AvgIpc) is 3.35. The second kappa shape index (κ2) is 8.64. The van der Waals surface area contributed by atoms with E-state index >= 15 is 0 Å². The van der Waals surface area contributed by atoms with Crippen molar-refractivity contribution in [2.75, 3.05) is 19.1 Å².